The number of imidazole rings is 1. The molecular weight excluding hydrogens is 381 g/mol. The number of halogens is 2. The Kier molecular flexibility index (Phi) is 3.73. The fraction of sp³-hybridized carbons (Fsp3) is 0.150. The zero-order chi connectivity index (χ0) is 19.4. The van der Waals surface area contributed by atoms with E-state index >= 15 is 0 Å². The molecule has 1 fully saturated rings. The lowest BCUT2D eigenvalue weighted by atomic mass is 10.1. The first kappa shape index (κ1) is 16.9. The summed E-state index contributed by atoms with van der Waals surface area (Å²) in [5.74, 6) is -0.319. The van der Waals surface area contributed by atoms with Gasteiger partial charge in [0.25, 0.3) is 5.91 Å². The third-order valence-corrected chi connectivity index (χ3v) is 5.14. The quantitative estimate of drug-likeness (QED) is 0.552. The van der Waals surface area contributed by atoms with Gasteiger partial charge in [-0.3, -0.25) is 9.20 Å². The van der Waals surface area contributed by atoms with Gasteiger partial charge in [0, 0.05) is 17.7 Å². The number of amides is 1. The number of nitrogens with one attached hydrogen (secondary N) is 1. The molecule has 28 heavy (non-hydrogen) atoms. The first-order valence-corrected chi connectivity index (χ1v) is 9.22. The number of hydrogen-bond donors (Lipinski definition) is 2. The van der Waals surface area contributed by atoms with Gasteiger partial charge in [0.1, 0.15) is 5.82 Å². The van der Waals surface area contributed by atoms with Crippen LogP contribution in [0.1, 0.15) is 23.2 Å². The number of carbonyl (C=O) groups excluding carboxylic acids is 1. The van der Waals surface area contributed by atoms with Crippen LogP contribution in [0.3, 0.4) is 0 Å². The lowest BCUT2D eigenvalue weighted by molar-refractivity contribution is 0.0951. The number of nitrogen functional groups attached to an aromatic ring is 1. The van der Waals surface area contributed by atoms with E-state index in [4.69, 9.17) is 17.3 Å². The molecule has 0 bridgehead atoms. The molecule has 0 aliphatic heterocycles. The van der Waals surface area contributed by atoms with E-state index in [1.807, 2.05) is 0 Å². The molecule has 5 rings (SSSR count). The average molecular weight is 396 g/mol. The summed E-state index contributed by atoms with van der Waals surface area (Å²) < 4.78 is 15.6. The highest BCUT2D eigenvalue weighted by atomic mass is 35.5. The predicted octanol–water partition coefficient (Wildman–Crippen LogP) is 3.82. The van der Waals surface area contributed by atoms with E-state index in [0.717, 1.165) is 18.4 Å². The largest absolute Gasteiger partial charge is 0.381 e. The molecule has 1 amide bonds. The van der Waals surface area contributed by atoms with Gasteiger partial charge in [0.15, 0.2) is 11.5 Å². The molecule has 0 atom stereocenters. The van der Waals surface area contributed by atoms with Crippen LogP contribution in [0, 0.1) is 5.82 Å². The van der Waals surface area contributed by atoms with Gasteiger partial charge >= 0.3 is 0 Å². The normalized spacial score (nSPS) is 13.9. The monoisotopic (exact) mass is 395 g/mol. The van der Waals surface area contributed by atoms with Crippen LogP contribution < -0.4 is 11.1 Å². The van der Waals surface area contributed by atoms with E-state index in [1.165, 1.54) is 12.1 Å². The molecule has 6 nitrogen and oxygen atoms in total. The minimum atomic E-state index is -0.384. The zero-order valence-corrected chi connectivity index (χ0v) is 15.4. The van der Waals surface area contributed by atoms with E-state index < -0.39 is 0 Å². The Morgan fingerprint density at radius 1 is 1.25 bits per heavy atom. The summed E-state index contributed by atoms with van der Waals surface area (Å²) >= 11 is 6.38. The Balaban J connectivity index is 1.67. The van der Waals surface area contributed by atoms with Crippen molar-refractivity contribution in [3.8, 4) is 11.3 Å². The second-order valence-electron chi connectivity index (χ2n) is 6.87. The first-order valence-electron chi connectivity index (χ1n) is 8.84. The Bertz CT molecular complexity index is 1260. The molecule has 8 heteroatoms. The molecule has 1 saturated carbocycles. The number of anilines is 1. The molecule has 0 saturated heterocycles. The zero-order valence-electron chi connectivity index (χ0n) is 14.6. The molecule has 0 radical (unpaired) electrons. The third kappa shape index (κ3) is 2.75. The van der Waals surface area contributed by atoms with Gasteiger partial charge in [0.2, 0.25) is 0 Å². The number of fused-ring (bicyclic) bond motifs is 3. The molecule has 140 valence electrons. The summed E-state index contributed by atoms with van der Waals surface area (Å²) in [7, 11) is 0. The summed E-state index contributed by atoms with van der Waals surface area (Å²) in [4.78, 5) is 20.9. The minimum absolute atomic E-state index is 0.182. The third-order valence-electron chi connectivity index (χ3n) is 4.83. The second kappa shape index (κ2) is 6.17. The van der Waals surface area contributed by atoms with Crippen molar-refractivity contribution < 1.29 is 9.18 Å². The fourth-order valence-electron chi connectivity index (χ4n) is 3.28. The lowest BCUT2D eigenvalue weighted by Gasteiger charge is -2.10. The highest BCUT2D eigenvalue weighted by Gasteiger charge is 2.25. The molecule has 2 heterocycles. The second-order valence-corrected chi connectivity index (χ2v) is 7.28. The van der Waals surface area contributed by atoms with Crippen molar-refractivity contribution in [3.63, 3.8) is 0 Å². The SMILES string of the molecule is Nc1nc2ccc(F)cc2n2c(-c3ccc(C(=O)NC4CC4)c(Cl)c3)cnc12. The standard InChI is InChI=1S/C20H15ClFN5O/c21-14-7-10(1-5-13(14)20(28)25-12-3-4-12)17-9-24-19-18(23)26-15-6-2-11(22)8-16(15)27(17)19/h1-2,5-9,12H,3-4H2,(H2,23,26)(H,25,28). The van der Waals surface area contributed by atoms with Gasteiger partial charge in [-0.25, -0.2) is 14.4 Å². The summed E-state index contributed by atoms with van der Waals surface area (Å²) in [6, 6.07) is 9.72. The van der Waals surface area contributed by atoms with Crippen molar-refractivity contribution in [2.75, 3.05) is 5.73 Å². The number of hydrogen-bond acceptors (Lipinski definition) is 4. The van der Waals surface area contributed by atoms with E-state index in [-0.39, 0.29) is 23.6 Å². The van der Waals surface area contributed by atoms with Gasteiger partial charge in [-0.1, -0.05) is 17.7 Å². The average Bonchev–Trinajstić information content (AvgIpc) is 3.36. The van der Waals surface area contributed by atoms with Crippen molar-refractivity contribution in [3.05, 3.63) is 59.0 Å². The fourth-order valence-corrected chi connectivity index (χ4v) is 3.55. The van der Waals surface area contributed by atoms with Crippen LogP contribution in [0.15, 0.2) is 42.6 Å². The van der Waals surface area contributed by atoms with Gasteiger partial charge in [-0.05, 0) is 37.1 Å². The van der Waals surface area contributed by atoms with Crippen LogP contribution in [0.2, 0.25) is 5.02 Å². The van der Waals surface area contributed by atoms with Crippen LogP contribution in [0.5, 0.6) is 0 Å². The van der Waals surface area contributed by atoms with Crippen molar-refractivity contribution in [1.82, 2.24) is 19.7 Å². The van der Waals surface area contributed by atoms with E-state index in [9.17, 15) is 9.18 Å². The number of nitrogens with two attached hydrogens (primary N) is 1. The van der Waals surface area contributed by atoms with E-state index in [2.05, 4.69) is 15.3 Å². The van der Waals surface area contributed by atoms with Crippen LogP contribution in [-0.2, 0) is 0 Å². The molecule has 2 aromatic carbocycles. The highest BCUT2D eigenvalue weighted by Crippen LogP contribution is 2.31. The molecule has 3 N–H and O–H groups in total. The molecule has 0 spiro atoms. The van der Waals surface area contributed by atoms with Crippen molar-refractivity contribution in [2.45, 2.75) is 18.9 Å². The van der Waals surface area contributed by atoms with E-state index in [1.54, 1.807) is 34.9 Å². The number of benzene rings is 2. The van der Waals surface area contributed by atoms with Gasteiger partial charge in [-0.15, -0.1) is 0 Å². The van der Waals surface area contributed by atoms with E-state index in [0.29, 0.717) is 33.0 Å². The van der Waals surface area contributed by atoms with Crippen molar-refractivity contribution in [1.29, 1.82) is 0 Å². The number of aromatic nitrogens is 3. The lowest BCUT2D eigenvalue weighted by Crippen LogP contribution is -2.25. The molecule has 2 aromatic heterocycles. The maximum Gasteiger partial charge on any atom is 0.253 e. The van der Waals surface area contributed by atoms with Crippen LogP contribution in [0.25, 0.3) is 27.9 Å². The Labute approximate surface area is 164 Å². The molecule has 1 aliphatic rings. The summed E-state index contributed by atoms with van der Waals surface area (Å²) in [6.45, 7) is 0. The Morgan fingerprint density at radius 2 is 2.07 bits per heavy atom. The maximum absolute atomic E-state index is 13.9. The highest BCUT2D eigenvalue weighted by molar-refractivity contribution is 6.34. The predicted molar refractivity (Wildman–Crippen MR) is 106 cm³/mol. The minimum Gasteiger partial charge on any atom is -0.381 e. The number of carbonyl (C=O) groups is 1. The maximum atomic E-state index is 13.9. The van der Waals surface area contributed by atoms with Gasteiger partial charge in [-0.2, -0.15) is 0 Å². The van der Waals surface area contributed by atoms with Gasteiger partial charge in [0.05, 0.1) is 33.5 Å². The summed E-state index contributed by atoms with van der Waals surface area (Å²) in [5, 5.41) is 3.26. The Morgan fingerprint density at radius 3 is 2.82 bits per heavy atom. The topological polar surface area (TPSA) is 85.3 Å². The van der Waals surface area contributed by atoms with Crippen LogP contribution in [0.4, 0.5) is 10.2 Å². The summed E-state index contributed by atoms with van der Waals surface area (Å²) in [6.07, 6.45) is 3.64. The van der Waals surface area contributed by atoms with Crippen LogP contribution in [-0.4, -0.2) is 26.3 Å². The first-order chi connectivity index (χ1) is 13.5. The number of nitrogens with zero attached hydrogens (tertiary/aromatic N) is 3. The molecule has 0 unspecified atom stereocenters. The molecular formula is C20H15ClFN5O. The number of rotatable bonds is 3. The summed E-state index contributed by atoms with van der Waals surface area (Å²) in [5.41, 5.74) is 9.39. The Hall–Kier alpha value is -3.19. The van der Waals surface area contributed by atoms with Gasteiger partial charge < -0.3 is 11.1 Å². The molecule has 1 aliphatic carbocycles. The van der Waals surface area contributed by atoms with Crippen molar-refractivity contribution in [2.24, 2.45) is 0 Å². The van der Waals surface area contributed by atoms with Crippen molar-refractivity contribution >= 4 is 40.0 Å². The van der Waals surface area contributed by atoms with Crippen LogP contribution >= 0.6 is 11.6 Å². The molecule has 4 aromatic rings. The smallest absolute Gasteiger partial charge is 0.253 e.